The van der Waals surface area contributed by atoms with E-state index in [2.05, 4.69) is 4.98 Å². The standard InChI is InChI=1S/C15H13F2NO3S/c16-15(17)5-9(6-15)7-21-14-18-12(8-22-14)10-1-3-11(4-2-10)13(19)20/h1-4,8-9H,5-7H2,(H,19,20). The fourth-order valence-electron chi connectivity index (χ4n) is 2.33. The minimum absolute atomic E-state index is 0.114. The third-order valence-corrected chi connectivity index (χ3v) is 4.28. The first-order valence-electron chi connectivity index (χ1n) is 6.73. The molecule has 0 spiro atoms. The van der Waals surface area contributed by atoms with Gasteiger partial charge in [-0.3, -0.25) is 0 Å². The van der Waals surface area contributed by atoms with Crippen molar-refractivity contribution < 1.29 is 23.4 Å². The maximum atomic E-state index is 12.7. The van der Waals surface area contributed by atoms with Gasteiger partial charge in [-0.05, 0) is 12.1 Å². The smallest absolute Gasteiger partial charge is 0.335 e. The SMILES string of the molecule is O=C(O)c1ccc(-c2csc(OCC3CC(F)(F)C3)n2)cc1. The average molecular weight is 325 g/mol. The molecule has 22 heavy (non-hydrogen) atoms. The third kappa shape index (κ3) is 3.24. The maximum Gasteiger partial charge on any atom is 0.335 e. The van der Waals surface area contributed by atoms with Crippen molar-refractivity contribution in [3.63, 3.8) is 0 Å². The van der Waals surface area contributed by atoms with E-state index in [1.165, 1.54) is 23.5 Å². The first-order valence-corrected chi connectivity index (χ1v) is 7.61. The molecule has 0 atom stereocenters. The molecule has 0 amide bonds. The van der Waals surface area contributed by atoms with Gasteiger partial charge in [-0.15, -0.1) is 0 Å². The summed E-state index contributed by atoms with van der Waals surface area (Å²) in [7, 11) is 0. The van der Waals surface area contributed by atoms with E-state index in [0.717, 1.165) is 5.56 Å². The third-order valence-electron chi connectivity index (χ3n) is 3.53. The lowest BCUT2D eigenvalue weighted by Gasteiger charge is -2.34. The summed E-state index contributed by atoms with van der Waals surface area (Å²) >= 11 is 1.29. The Labute approximate surface area is 129 Å². The summed E-state index contributed by atoms with van der Waals surface area (Å²) in [6.07, 6.45) is -0.246. The summed E-state index contributed by atoms with van der Waals surface area (Å²) in [4.78, 5) is 15.1. The highest BCUT2D eigenvalue weighted by Gasteiger charge is 2.45. The quantitative estimate of drug-likeness (QED) is 0.905. The topological polar surface area (TPSA) is 59.4 Å². The summed E-state index contributed by atoms with van der Waals surface area (Å²) in [5, 5.41) is 11.1. The van der Waals surface area contributed by atoms with E-state index in [0.29, 0.717) is 10.9 Å². The molecular weight excluding hydrogens is 312 g/mol. The number of alkyl halides is 2. The Bertz CT molecular complexity index is 676. The van der Waals surface area contributed by atoms with E-state index in [1.807, 2.05) is 0 Å². The second-order valence-corrected chi connectivity index (χ2v) is 6.14. The minimum atomic E-state index is -2.53. The number of hydrogen-bond acceptors (Lipinski definition) is 4. The summed E-state index contributed by atoms with van der Waals surface area (Å²) in [6, 6.07) is 6.37. The number of carboxylic acids is 1. The van der Waals surface area contributed by atoms with Crippen LogP contribution in [0, 0.1) is 5.92 Å². The Balaban J connectivity index is 1.60. The van der Waals surface area contributed by atoms with Gasteiger partial charge in [-0.1, -0.05) is 23.5 Å². The molecule has 0 bridgehead atoms. The van der Waals surface area contributed by atoms with Crippen LogP contribution in [0.15, 0.2) is 29.6 Å². The lowest BCUT2D eigenvalue weighted by atomic mass is 9.82. The van der Waals surface area contributed by atoms with Gasteiger partial charge >= 0.3 is 5.97 Å². The zero-order valence-electron chi connectivity index (χ0n) is 11.5. The molecular formula is C15H13F2NO3S. The molecule has 1 saturated carbocycles. The summed E-state index contributed by atoms with van der Waals surface area (Å²) in [5.41, 5.74) is 1.67. The number of halogens is 2. The molecule has 0 saturated heterocycles. The van der Waals surface area contributed by atoms with Gasteiger partial charge in [-0.2, -0.15) is 0 Å². The number of carboxylic acid groups (broad SMARTS) is 1. The molecule has 1 aromatic carbocycles. The molecule has 1 heterocycles. The maximum absolute atomic E-state index is 12.7. The monoisotopic (exact) mass is 325 g/mol. The minimum Gasteiger partial charge on any atom is -0.478 e. The molecule has 4 nitrogen and oxygen atoms in total. The Morgan fingerprint density at radius 2 is 2.05 bits per heavy atom. The van der Waals surface area contributed by atoms with Crippen molar-refractivity contribution in [2.24, 2.45) is 5.92 Å². The lowest BCUT2D eigenvalue weighted by molar-refractivity contribution is -0.119. The van der Waals surface area contributed by atoms with Crippen LogP contribution in [0.4, 0.5) is 8.78 Å². The van der Waals surface area contributed by atoms with E-state index in [9.17, 15) is 13.6 Å². The van der Waals surface area contributed by atoms with Crippen LogP contribution in [-0.4, -0.2) is 28.6 Å². The molecule has 2 aromatic rings. The van der Waals surface area contributed by atoms with Gasteiger partial charge < -0.3 is 9.84 Å². The van der Waals surface area contributed by atoms with Crippen LogP contribution in [0.25, 0.3) is 11.3 Å². The Morgan fingerprint density at radius 3 is 2.64 bits per heavy atom. The fourth-order valence-corrected chi connectivity index (χ4v) is 3.02. The van der Waals surface area contributed by atoms with Crippen LogP contribution in [-0.2, 0) is 0 Å². The molecule has 1 aromatic heterocycles. The van der Waals surface area contributed by atoms with Crippen molar-refractivity contribution >= 4 is 17.3 Å². The first-order chi connectivity index (χ1) is 10.4. The molecule has 1 aliphatic carbocycles. The second-order valence-electron chi connectivity index (χ2n) is 5.32. The second kappa shape index (κ2) is 5.64. The fraction of sp³-hybridized carbons (Fsp3) is 0.333. The molecule has 116 valence electrons. The number of aromatic carboxylic acids is 1. The zero-order chi connectivity index (χ0) is 15.7. The highest BCUT2D eigenvalue weighted by atomic mass is 32.1. The molecule has 0 unspecified atom stereocenters. The van der Waals surface area contributed by atoms with Gasteiger partial charge in [0.05, 0.1) is 17.9 Å². The molecule has 1 fully saturated rings. The summed E-state index contributed by atoms with van der Waals surface area (Å²) in [6.45, 7) is 0.250. The number of nitrogens with zero attached hydrogens (tertiary/aromatic N) is 1. The molecule has 0 radical (unpaired) electrons. The highest BCUT2D eigenvalue weighted by Crippen LogP contribution is 2.42. The predicted octanol–water partition coefficient (Wildman–Crippen LogP) is 3.93. The van der Waals surface area contributed by atoms with Crippen LogP contribution >= 0.6 is 11.3 Å². The van der Waals surface area contributed by atoms with Gasteiger partial charge in [0.1, 0.15) is 0 Å². The van der Waals surface area contributed by atoms with Crippen molar-refractivity contribution in [2.75, 3.05) is 6.61 Å². The van der Waals surface area contributed by atoms with Crippen molar-refractivity contribution in [1.29, 1.82) is 0 Å². The predicted molar refractivity (Wildman–Crippen MR) is 77.7 cm³/mol. The normalized spacial score (nSPS) is 17.0. The lowest BCUT2D eigenvalue weighted by Crippen LogP contribution is -2.38. The van der Waals surface area contributed by atoms with Gasteiger partial charge in [0, 0.05) is 29.7 Å². The summed E-state index contributed by atoms with van der Waals surface area (Å²) < 4.78 is 30.9. The number of benzene rings is 1. The number of hydrogen-bond donors (Lipinski definition) is 1. The van der Waals surface area contributed by atoms with Crippen LogP contribution in [0.5, 0.6) is 5.19 Å². The Kier molecular flexibility index (Phi) is 3.82. The Hall–Kier alpha value is -2.02. The molecule has 3 rings (SSSR count). The van der Waals surface area contributed by atoms with Crippen molar-refractivity contribution in [2.45, 2.75) is 18.8 Å². The number of aromatic nitrogens is 1. The van der Waals surface area contributed by atoms with E-state index in [1.54, 1.807) is 17.5 Å². The van der Waals surface area contributed by atoms with Crippen LogP contribution in [0.1, 0.15) is 23.2 Å². The Morgan fingerprint density at radius 1 is 1.36 bits per heavy atom. The molecule has 0 aliphatic heterocycles. The number of ether oxygens (including phenoxy) is 1. The molecule has 1 N–H and O–H groups in total. The van der Waals surface area contributed by atoms with Gasteiger partial charge in [-0.25, -0.2) is 18.6 Å². The summed E-state index contributed by atoms with van der Waals surface area (Å²) in [5.74, 6) is -3.63. The van der Waals surface area contributed by atoms with Crippen molar-refractivity contribution in [3.05, 3.63) is 35.2 Å². The van der Waals surface area contributed by atoms with E-state index in [-0.39, 0.29) is 30.9 Å². The van der Waals surface area contributed by atoms with Crippen LogP contribution < -0.4 is 4.74 Å². The van der Waals surface area contributed by atoms with Crippen molar-refractivity contribution in [3.8, 4) is 16.5 Å². The van der Waals surface area contributed by atoms with Crippen molar-refractivity contribution in [1.82, 2.24) is 4.98 Å². The van der Waals surface area contributed by atoms with E-state index < -0.39 is 11.9 Å². The number of carbonyl (C=O) groups is 1. The largest absolute Gasteiger partial charge is 0.478 e. The van der Waals surface area contributed by atoms with Gasteiger partial charge in [0.15, 0.2) is 0 Å². The van der Waals surface area contributed by atoms with Gasteiger partial charge in [0.25, 0.3) is 5.19 Å². The molecule has 7 heteroatoms. The number of rotatable bonds is 5. The average Bonchev–Trinajstić information content (AvgIpc) is 2.91. The van der Waals surface area contributed by atoms with Gasteiger partial charge in [0.2, 0.25) is 5.92 Å². The van der Waals surface area contributed by atoms with Crippen LogP contribution in [0.2, 0.25) is 0 Å². The first kappa shape index (κ1) is 14.9. The van der Waals surface area contributed by atoms with Crippen LogP contribution in [0.3, 0.4) is 0 Å². The van der Waals surface area contributed by atoms with E-state index >= 15 is 0 Å². The molecule has 1 aliphatic rings. The highest BCUT2D eigenvalue weighted by molar-refractivity contribution is 7.11. The van der Waals surface area contributed by atoms with E-state index in [4.69, 9.17) is 9.84 Å². The number of thiazole rings is 1. The zero-order valence-corrected chi connectivity index (χ0v) is 12.3.